The first-order valence-electron chi connectivity index (χ1n) is 12.3. The fourth-order valence-electron chi connectivity index (χ4n) is 6.31. The molecule has 1 heterocycles. The molecule has 1 saturated carbocycles. The highest BCUT2D eigenvalue weighted by molar-refractivity contribution is 5.85. The summed E-state index contributed by atoms with van der Waals surface area (Å²) in [5, 5.41) is 0. The average molecular weight is 415 g/mol. The summed E-state index contributed by atoms with van der Waals surface area (Å²) in [6.07, 6.45) is 8.52. The summed E-state index contributed by atoms with van der Waals surface area (Å²) in [7, 11) is 0. The number of pyridine rings is 1. The van der Waals surface area contributed by atoms with Gasteiger partial charge in [-0.2, -0.15) is 4.57 Å². The second-order valence-electron chi connectivity index (χ2n) is 9.66. The van der Waals surface area contributed by atoms with E-state index in [1.165, 1.54) is 64.0 Å². The van der Waals surface area contributed by atoms with Gasteiger partial charge in [0.05, 0.1) is 0 Å². The lowest BCUT2D eigenvalue weighted by Crippen LogP contribution is -2.50. The third-order valence-electron chi connectivity index (χ3n) is 7.99. The van der Waals surface area contributed by atoms with E-state index in [4.69, 9.17) is 0 Å². The maximum Gasteiger partial charge on any atom is 0.217 e. The van der Waals surface area contributed by atoms with Gasteiger partial charge < -0.3 is 0 Å². The van der Waals surface area contributed by atoms with Crippen LogP contribution in [-0.2, 0) is 25.7 Å². The minimum Gasteiger partial charge on any atom is -0.188 e. The number of aromatic nitrogens is 1. The summed E-state index contributed by atoms with van der Waals surface area (Å²) < 4.78 is 2.80. The van der Waals surface area contributed by atoms with E-state index in [0.717, 1.165) is 25.7 Å². The van der Waals surface area contributed by atoms with Gasteiger partial charge in [0.1, 0.15) is 0 Å². The molecule has 0 unspecified atom stereocenters. The molecule has 1 aromatic heterocycles. The van der Waals surface area contributed by atoms with Crippen molar-refractivity contribution in [2.75, 3.05) is 0 Å². The quantitative estimate of drug-likeness (QED) is 0.314. The molecule has 3 aromatic carbocycles. The van der Waals surface area contributed by atoms with Crippen LogP contribution in [0.3, 0.4) is 0 Å². The molecule has 0 aliphatic heterocycles. The van der Waals surface area contributed by atoms with Gasteiger partial charge in [-0.05, 0) is 60.9 Å². The van der Waals surface area contributed by atoms with Crippen LogP contribution in [0.15, 0.2) is 78.9 Å². The monoisotopic (exact) mass is 414 g/mol. The van der Waals surface area contributed by atoms with Crippen LogP contribution in [0.2, 0.25) is 0 Å². The van der Waals surface area contributed by atoms with Crippen molar-refractivity contribution in [1.29, 1.82) is 0 Å². The van der Waals surface area contributed by atoms with Gasteiger partial charge in [0, 0.05) is 40.7 Å². The van der Waals surface area contributed by atoms with Crippen molar-refractivity contribution < 1.29 is 4.57 Å². The van der Waals surface area contributed by atoms with Crippen LogP contribution < -0.4 is 4.57 Å². The predicted octanol–water partition coefficient (Wildman–Crippen LogP) is 6.90. The number of fused-ring (bicyclic) bond motifs is 6. The smallest absolute Gasteiger partial charge is 0.188 e. The maximum atomic E-state index is 2.80. The van der Waals surface area contributed by atoms with Gasteiger partial charge in [0.2, 0.25) is 11.4 Å². The molecule has 1 fully saturated rings. The summed E-state index contributed by atoms with van der Waals surface area (Å²) in [6, 6.07) is 30.1. The highest BCUT2D eigenvalue weighted by Gasteiger charge is 2.42. The Kier molecular flexibility index (Phi) is 4.12. The highest BCUT2D eigenvalue weighted by atomic mass is 15.0. The van der Waals surface area contributed by atoms with Crippen LogP contribution in [0.4, 0.5) is 0 Å². The van der Waals surface area contributed by atoms with Crippen LogP contribution in [0, 0.1) is 0 Å². The zero-order valence-corrected chi connectivity index (χ0v) is 18.5. The van der Waals surface area contributed by atoms with Crippen molar-refractivity contribution in [2.45, 2.75) is 51.0 Å². The van der Waals surface area contributed by atoms with Gasteiger partial charge >= 0.3 is 0 Å². The lowest BCUT2D eigenvalue weighted by Gasteiger charge is -2.33. The molecule has 0 amide bonds. The van der Waals surface area contributed by atoms with E-state index in [9.17, 15) is 0 Å². The lowest BCUT2D eigenvalue weighted by molar-refractivity contribution is -0.713. The van der Waals surface area contributed by atoms with Crippen molar-refractivity contribution in [3.63, 3.8) is 0 Å². The fraction of sp³-hybridized carbons (Fsp3) is 0.258. The first-order chi connectivity index (χ1) is 15.9. The summed E-state index contributed by atoms with van der Waals surface area (Å²) in [6.45, 7) is 0. The van der Waals surface area contributed by atoms with Crippen LogP contribution in [-0.4, -0.2) is 0 Å². The largest absolute Gasteiger partial charge is 0.217 e. The normalized spacial score (nSPS) is 16.4. The predicted molar refractivity (Wildman–Crippen MR) is 131 cm³/mol. The number of benzene rings is 3. The molecule has 0 bridgehead atoms. The van der Waals surface area contributed by atoms with Crippen LogP contribution >= 0.6 is 0 Å². The van der Waals surface area contributed by atoms with Crippen molar-refractivity contribution >= 4 is 0 Å². The van der Waals surface area contributed by atoms with Crippen molar-refractivity contribution in [1.82, 2.24) is 0 Å². The molecular formula is C31H28N+. The molecule has 3 aliphatic carbocycles. The van der Waals surface area contributed by atoms with Gasteiger partial charge in [-0.15, -0.1) is 0 Å². The molecule has 0 atom stereocenters. The Morgan fingerprint density at radius 2 is 1.09 bits per heavy atom. The van der Waals surface area contributed by atoms with Crippen molar-refractivity contribution in [2.24, 2.45) is 0 Å². The van der Waals surface area contributed by atoms with Crippen LogP contribution in [0.25, 0.3) is 33.6 Å². The average Bonchev–Trinajstić information content (AvgIpc) is 2.82. The number of hydrogen-bond acceptors (Lipinski definition) is 0. The molecular weight excluding hydrogens is 386 g/mol. The fourth-order valence-corrected chi connectivity index (χ4v) is 6.31. The summed E-state index contributed by atoms with van der Waals surface area (Å²) >= 11 is 0. The van der Waals surface area contributed by atoms with E-state index in [2.05, 4.69) is 83.4 Å². The molecule has 4 aromatic rings. The third kappa shape index (κ3) is 2.60. The Hall–Kier alpha value is -3.19. The highest BCUT2D eigenvalue weighted by Crippen LogP contribution is 2.46. The topological polar surface area (TPSA) is 3.88 Å². The van der Waals surface area contributed by atoms with Gasteiger partial charge in [-0.25, -0.2) is 0 Å². The molecule has 3 aliphatic rings. The molecule has 0 saturated heterocycles. The van der Waals surface area contributed by atoms with Gasteiger partial charge in [0.25, 0.3) is 0 Å². The Bertz CT molecular complexity index is 1270. The molecule has 0 radical (unpaired) electrons. The van der Waals surface area contributed by atoms with E-state index < -0.39 is 0 Å². The van der Waals surface area contributed by atoms with Crippen LogP contribution in [0.5, 0.6) is 0 Å². The maximum absolute atomic E-state index is 2.80. The van der Waals surface area contributed by atoms with Crippen molar-refractivity contribution in [3.8, 4) is 33.6 Å². The Labute approximate surface area is 190 Å². The first kappa shape index (κ1) is 18.4. The number of aryl methyl sites for hydroxylation is 2. The van der Waals surface area contributed by atoms with Crippen molar-refractivity contribution in [3.05, 3.63) is 101 Å². The molecule has 0 N–H and O–H groups in total. The van der Waals surface area contributed by atoms with E-state index in [1.54, 1.807) is 11.1 Å². The standard InChI is InChI=1S/C31H28N/c1-2-11-23(12-3-1)29-27-19-17-21-9-4-6-15-25(21)30(27)32(24-13-8-14-24)31-26-16-7-5-10-22(26)18-20-28(29)31/h1-7,9-12,15-16,24H,8,13-14,17-20H2/q+1. The molecule has 0 spiro atoms. The third-order valence-corrected chi connectivity index (χ3v) is 7.99. The minimum atomic E-state index is 0.625. The zero-order valence-electron chi connectivity index (χ0n) is 18.5. The number of nitrogens with zero attached hydrogens (tertiary/aromatic N) is 1. The van der Waals surface area contributed by atoms with Crippen LogP contribution in [0.1, 0.15) is 47.6 Å². The molecule has 7 rings (SSSR count). The Morgan fingerprint density at radius 3 is 1.62 bits per heavy atom. The second kappa shape index (κ2) is 7.17. The second-order valence-corrected chi connectivity index (χ2v) is 9.66. The molecule has 1 nitrogen and oxygen atoms in total. The number of hydrogen-bond donors (Lipinski definition) is 0. The van der Waals surface area contributed by atoms with E-state index in [-0.39, 0.29) is 0 Å². The van der Waals surface area contributed by atoms with E-state index in [1.807, 2.05) is 0 Å². The van der Waals surface area contributed by atoms with E-state index in [0.29, 0.717) is 6.04 Å². The Balaban J connectivity index is 1.66. The van der Waals surface area contributed by atoms with Gasteiger partial charge in [-0.1, -0.05) is 66.7 Å². The Morgan fingerprint density at radius 1 is 0.562 bits per heavy atom. The first-order valence-corrected chi connectivity index (χ1v) is 12.3. The lowest BCUT2D eigenvalue weighted by atomic mass is 9.76. The summed E-state index contributed by atoms with van der Waals surface area (Å²) in [5.41, 5.74) is 15.0. The summed E-state index contributed by atoms with van der Waals surface area (Å²) in [5.74, 6) is 0. The SMILES string of the molecule is c1ccc(-c2c3c([n+](C4CCC4)c4c2CCc2ccccc2-4)-c2ccccc2CC3)cc1. The zero-order chi connectivity index (χ0) is 21.1. The number of rotatable bonds is 2. The minimum absolute atomic E-state index is 0.625. The van der Waals surface area contributed by atoms with E-state index >= 15 is 0 Å². The van der Waals surface area contributed by atoms with Gasteiger partial charge in [-0.3, -0.25) is 0 Å². The molecule has 156 valence electrons. The molecule has 32 heavy (non-hydrogen) atoms. The molecule has 1 heteroatoms. The summed E-state index contributed by atoms with van der Waals surface area (Å²) in [4.78, 5) is 0. The van der Waals surface area contributed by atoms with Gasteiger partial charge in [0.15, 0.2) is 6.04 Å².